The number of dihydropyridines is 1. The molecule has 2 amide bonds. The number of amides is 2. The van der Waals surface area contributed by atoms with Crippen LogP contribution in [0, 0.1) is 11.3 Å². The van der Waals surface area contributed by atoms with E-state index in [1.807, 2.05) is 24.3 Å². The molecule has 194 valence electrons. The molecule has 1 aliphatic heterocycles. The first-order valence-corrected chi connectivity index (χ1v) is 13.5. The molecule has 0 spiro atoms. The summed E-state index contributed by atoms with van der Waals surface area (Å²) in [6.45, 7) is 3.80. The zero-order valence-electron chi connectivity index (χ0n) is 20.6. The first-order chi connectivity index (χ1) is 18.3. The molecule has 1 aliphatic rings. The molecule has 3 aromatic rings. The minimum Gasteiger partial charge on any atom is -0.468 e. The highest BCUT2D eigenvalue weighted by Crippen LogP contribution is 2.41. The van der Waals surface area contributed by atoms with Gasteiger partial charge in [0.2, 0.25) is 5.91 Å². The highest BCUT2D eigenvalue weighted by Gasteiger charge is 2.36. The predicted octanol–water partition coefficient (Wildman–Crippen LogP) is 6.86. The lowest BCUT2D eigenvalue weighted by Crippen LogP contribution is -2.31. The van der Waals surface area contributed by atoms with Gasteiger partial charge in [0.15, 0.2) is 0 Å². The summed E-state index contributed by atoms with van der Waals surface area (Å²) in [4.78, 5) is 26.1. The lowest BCUT2D eigenvalue weighted by Gasteiger charge is -2.28. The Morgan fingerprint density at radius 2 is 1.89 bits per heavy atom. The van der Waals surface area contributed by atoms with Gasteiger partial charge in [0.1, 0.15) is 5.76 Å². The van der Waals surface area contributed by atoms with Crippen LogP contribution in [-0.4, -0.2) is 17.6 Å². The first-order valence-electron chi connectivity index (χ1n) is 11.7. The Labute approximate surface area is 234 Å². The van der Waals surface area contributed by atoms with E-state index in [1.165, 1.54) is 29.7 Å². The molecule has 0 bridgehead atoms. The van der Waals surface area contributed by atoms with Crippen molar-refractivity contribution in [2.75, 3.05) is 16.4 Å². The second-order valence-corrected chi connectivity index (χ2v) is 10.3. The molecule has 3 N–H and O–H groups in total. The van der Waals surface area contributed by atoms with E-state index < -0.39 is 11.8 Å². The Balaban J connectivity index is 1.56. The minimum absolute atomic E-state index is 0.0586. The van der Waals surface area contributed by atoms with E-state index in [0.717, 1.165) is 6.42 Å². The summed E-state index contributed by atoms with van der Waals surface area (Å²) in [6.07, 6.45) is 2.40. The molecule has 0 saturated heterocycles. The van der Waals surface area contributed by atoms with Crippen LogP contribution in [-0.2, 0) is 16.0 Å². The zero-order valence-corrected chi connectivity index (χ0v) is 22.9. The van der Waals surface area contributed by atoms with Crippen LogP contribution in [0.3, 0.4) is 0 Å². The van der Waals surface area contributed by atoms with Crippen LogP contribution in [0.5, 0.6) is 0 Å². The van der Waals surface area contributed by atoms with Crippen LogP contribution in [0.15, 0.2) is 87.1 Å². The summed E-state index contributed by atoms with van der Waals surface area (Å²) in [6, 6.07) is 18.0. The van der Waals surface area contributed by atoms with E-state index in [9.17, 15) is 14.9 Å². The van der Waals surface area contributed by atoms with Crippen molar-refractivity contribution in [1.82, 2.24) is 5.32 Å². The summed E-state index contributed by atoms with van der Waals surface area (Å²) in [7, 11) is 0. The van der Waals surface area contributed by atoms with Gasteiger partial charge >= 0.3 is 0 Å². The molecule has 4 rings (SSSR count). The quantitative estimate of drug-likeness (QED) is 0.275. The number of nitrogens with zero attached hydrogens (tertiary/aromatic N) is 1. The molecule has 0 saturated carbocycles. The normalized spacial score (nSPS) is 15.1. The number of rotatable bonds is 8. The van der Waals surface area contributed by atoms with Gasteiger partial charge in [-0.15, -0.1) is 0 Å². The summed E-state index contributed by atoms with van der Waals surface area (Å²) >= 11 is 13.4. The average Bonchev–Trinajstić information content (AvgIpc) is 3.43. The fourth-order valence-electron chi connectivity index (χ4n) is 4.01. The van der Waals surface area contributed by atoms with E-state index >= 15 is 0 Å². The van der Waals surface area contributed by atoms with Crippen LogP contribution in [0.1, 0.15) is 31.1 Å². The van der Waals surface area contributed by atoms with Gasteiger partial charge in [-0.1, -0.05) is 54.0 Å². The number of benzene rings is 2. The molecule has 10 heteroatoms. The Hall–Kier alpha value is -3.64. The number of carbonyl (C=O) groups excluding carboxylic acids is 2. The fraction of sp³-hybridized carbons (Fsp3) is 0.179. The molecular weight excluding hydrogens is 543 g/mol. The highest BCUT2D eigenvalue weighted by molar-refractivity contribution is 8.03. The number of allylic oxidation sites excluding steroid dienone is 2. The summed E-state index contributed by atoms with van der Waals surface area (Å²) in [5.74, 6) is -0.972. The molecule has 0 fully saturated rings. The van der Waals surface area contributed by atoms with Crippen molar-refractivity contribution in [1.29, 1.82) is 5.26 Å². The monoisotopic (exact) mass is 566 g/mol. The molecule has 1 atom stereocenters. The van der Waals surface area contributed by atoms with Crippen LogP contribution in [0.4, 0.5) is 11.4 Å². The minimum atomic E-state index is -0.783. The Bertz CT molecular complexity index is 1460. The summed E-state index contributed by atoms with van der Waals surface area (Å²) in [5.41, 5.74) is 3.34. The Kier molecular flexibility index (Phi) is 8.85. The number of furan rings is 1. The number of anilines is 2. The third kappa shape index (κ3) is 6.25. The lowest BCUT2D eigenvalue weighted by molar-refractivity contribution is -0.114. The topological polar surface area (TPSA) is 107 Å². The Morgan fingerprint density at radius 1 is 1.13 bits per heavy atom. The second-order valence-electron chi connectivity index (χ2n) is 8.43. The third-order valence-electron chi connectivity index (χ3n) is 5.89. The number of halogens is 2. The van der Waals surface area contributed by atoms with Gasteiger partial charge in [-0.3, -0.25) is 9.59 Å². The number of hydrogen-bond acceptors (Lipinski definition) is 6. The van der Waals surface area contributed by atoms with Crippen molar-refractivity contribution >= 4 is 58.2 Å². The van der Waals surface area contributed by atoms with Gasteiger partial charge in [-0.05, 0) is 61.4 Å². The van der Waals surface area contributed by atoms with E-state index in [0.29, 0.717) is 38.5 Å². The van der Waals surface area contributed by atoms with Crippen molar-refractivity contribution < 1.29 is 14.0 Å². The number of nitrogens with one attached hydrogen (secondary N) is 3. The number of hydrogen-bond donors (Lipinski definition) is 3. The maximum absolute atomic E-state index is 13.5. The summed E-state index contributed by atoms with van der Waals surface area (Å²) in [5, 5.41) is 20.2. The fourth-order valence-corrected chi connectivity index (χ4v) is 5.35. The molecule has 0 unspecified atom stereocenters. The number of nitriles is 1. The van der Waals surface area contributed by atoms with Crippen molar-refractivity contribution in [3.05, 3.63) is 104 Å². The largest absolute Gasteiger partial charge is 0.468 e. The average molecular weight is 567 g/mol. The van der Waals surface area contributed by atoms with E-state index in [1.54, 1.807) is 31.2 Å². The van der Waals surface area contributed by atoms with Crippen molar-refractivity contribution in [2.45, 2.75) is 26.2 Å². The smallest absolute Gasteiger partial charge is 0.254 e. The molecule has 1 aromatic heterocycles. The van der Waals surface area contributed by atoms with Gasteiger partial charge in [0.05, 0.1) is 50.9 Å². The Morgan fingerprint density at radius 3 is 2.53 bits per heavy atom. The van der Waals surface area contributed by atoms with Gasteiger partial charge in [-0.25, -0.2) is 0 Å². The highest BCUT2D eigenvalue weighted by atomic mass is 35.5. The van der Waals surface area contributed by atoms with Crippen LogP contribution in [0.25, 0.3) is 0 Å². The van der Waals surface area contributed by atoms with Crippen molar-refractivity contribution in [3.63, 3.8) is 0 Å². The molecule has 0 aliphatic carbocycles. The number of thioether (sulfide) groups is 1. The van der Waals surface area contributed by atoms with Gasteiger partial charge in [-0.2, -0.15) is 5.26 Å². The van der Waals surface area contributed by atoms with E-state index in [4.69, 9.17) is 27.6 Å². The van der Waals surface area contributed by atoms with Crippen LogP contribution < -0.4 is 16.0 Å². The third-order valence-corrected chi connectivity index (χ3v) is 7.46. The predicted molar refractivity (Wildman–Crippen MR) is 152 cm³/mol. The van der Waals surface area contributed by atoms with Crippen molar-refractivity contribution in [3.8, 4) is 6.07 Å². The zero-order chi connectivity index (χ0) is 27.2. The lowest BCUT2D eigenvalue weighted by atomic mass is 9.85. The molecule has 2 aromatic carbocycles. The number of carbonyl (C=O) groups is 2. The molecule has 7 nitrogen and oxygen atoms in total. The first kappa shape index (κ1) is 27.4. The molecular formula is C28H24Cl2N4O3S. The molecule has 38 heavy (non-hydrogen) atoms. The molecule has 2 heterocycles. The second kappa shape index (κ2) is 12.3. The number of aryl methyl sites for hydroxylation is 1. The molecule has 0 radical (unpaired) electrons. The van der Waals surface area contributed by atoms with Crippen molar-refractivity contribution in [2.24, 2.45) is 0 Å². The van der Waals surface area contributed by atoms with Crippen LogP contribution in [0.2, 0.25) is 10.0 Å². The SMILES string of the molecule is CCc1ccc(NC(=O)CSC2=C(C#N)[C@@H](c3ccco3)C(C(=O)Nc3ccc(Cl)cc3Cl)=C(C)N2)cc1. The van der Waals surface area contributed by atoms with Gasteiger partial charge in [0.25, 0.3) is 5.91 Å². The standard InChI is InChI=1S/C28H24Cl2N4O3S/c1-3-17-6-9-19(10-7-17)33-24(35)15-38-28-20(14-31)26(23-5-4-12-37-23)25(16(2)32-28)27(36)34-22-11-8-18(29)13-21(22)30/h4-13,26,32H,3,15H2,1-2H3,(H,33,35)(H,34,36)/t26-/m0/s1. The maximum Gasteiger partial charge on any atom is 0.254 e. The van der Waals surface area contributed by atoms with E-state index in [-0.39, 0.29) is 22.3 Å². The van der Waals surface area contributed by atoms with Gasteiger partial charge < -0.3 is 20.4 Å². The summed E-state index contributed by atoms with van der Waals surface area (Å²) < 4.78 is 5.64. The van der Waals surface area contributed by atoms with Crippen LogP contribution >= 0.6 is 35.0 Å². The maximum atomic E-state index is 13.5. The van der Waals surface area contributed by atoms with Gasteiger partial charge in [0, 0.05) is 16.4 Å². The van der Waals surface area contributed by atoms with E-state index in [2.05, 4.69) is 28.9 Å².